The van der Waals surface area contributed by atoms with Gasteiger partial charge in [-0.1, -0.05) is 23.7 Å². The first-order valence-corrected chi connectivity index (χ1v) is 5.39. The summed E-state index contributed by atoms with van der Waals surface area (Å²) in [4.78, 5) is 4.22. The lowest BCUT2D eigenvalue weighted by atomic mass is 10.1. The first-order valence-electron chi connectivity index (χ1n) is 4.48. The Hall–Kier alpha value is -0.990. The zero-order chi connectivity index (χ0) is 10.8. The van der Waals surface area contributed by atoms with Gasteiger partial charge in [0.15, 0.2) is 0 Å². The van der Waals surface area contributed by atoms with Crippen LogP contribution in [-0.4, -0.2) is 4.98 Å². The lowest BCUT2D eigenvalue weighted by molar-refractivity contribution is 0.573. The molecule has 15 heavy (non-hydrogen) atoms. The minimum Gasteiger partial charge on any atom is -0.444 e. The van der Waals surface area contributed by atoms with Crippen LogP contribution >= 0.6 is 23.2 Å². The second-order valence-corrected chi connectivity index (χ2v) is 3.86. The highest BCUT2D eigenvalue weighted by Gasteiger charge is 2.10. The Bertz CT molecular complexity index is 479. The van der Waals surface area contributed by atoms with Crippen molar-refractivity contribution in [1.82, 2.24) is 4.98 Å². The SMILES string of the molecule is Cc1cccc(-c2nc(CCl)co2)c1Cl. The molecule has 1 heterocycles. The van der Waals surface area contributed by atoms with Crippen LogP contribution in [0, 0.1) is 6.92 Å². The molecule has 2 nitrogen and oxygen atoms in total. The maximum atomic E-state index is 6.15. The quantitative estimate of drug-likeness (QED) is 0.742. The zero-order valence-corrected chi connectivity index (χ0v) is 9.64. The van der Waals surface area contributed by atoms with Gasteiger partial charge in [0.1, 0.15) is 6.26 Å². The van der Waals surface area contributed by atoms with E-state index >= 15 is 0 Å². The van der Waals surface area contributed by atoms with Crippen LogP contribution in [0.5, 0.6) is 0 Å². The highest BCUT2D eigenvalue weighted by molar-refractivity contribution is 6.33. The molecule has 0 N–H and O–H groups in total. The minimum absolute atomic E-state index is 0.340. The van der Waals surface area contributed by atoms with Crippen molar-refractivity contribution in [3.05, 3.63) is 40.7 Å². The number of nitrogens with zero attached hydrogens (tertiary/aromatic N) is 1. The Morgan fingerprint density at radius 2 is 2.20 bits per heavy atom. The van der Waals surface area contributed by atoms with Crippen LogP contribution in [-0.2, 0) is 5.88 Å². The largest absolute Gasteiger partial charge is 0.444 e. The van der Waals surface area contributed by atoms with Crippen LogP contribution in [0.1, 0.15) is 11.3 Å². The van der Waals surface area contributed by atoms with Gasteiger partial charge in [0.25, 0.3) is 0 Å². The molecule has 0 saturated carbocycles. The van der Waals surface area contributed by atoms with Crippen molar-refractivity contribution < 1.29 is 4.42 Å². The van der Waals surface area contributed by atoms with Crippen molar-refractivity contribution in [2.75, 3.05) is 0 Å². The number of halogens is 2. The van der Waals surface area contributed by atoms with Crippen molar-refractivity contribution in [3.63, 3.8) is 0 Å². The van der Waals surface area contributed by atoms with Gasteiger partial charge in [-0.15, -0.1) is 11.6 Å². The van der Waals surface area contributed by atoms with E-state index in [1.54, 1.807) is 6.26 Å². The Labute approximate surface area is 97.8 Å². The molecular weight excluding hydrogens is 233 g/mol. The Morgan fingerprint density at radius 3 is 2.87 bits per heavy atom. The highest BCUT2D eigenvalue weighted by Crippen LogP contribution is 2.29. The molecule has 0 radical (unpaired) electrons. The molecule has 0 fully saturated rings. The number of benzene rings is 1. The normalized spacial score (nSPS) is 10.6. The average Bonchev–Trinajstić information content (AvgIpc) is 2.70. The molecule has 0 bridgehead atoms. The van der Waals surface area contributed by atoms with Gasteiger partial charge in [-0.3, -0.25) is 0 Å². The Kier molecular flexibility index (Phi) is 2.98. The van der Waals surface area contributed by atoms with Crippen LogP contribution < -0.4 is 0 Å². The van der Waals surface area contributed by atoms with Crippen LogP contribution in [0.25, 0.3) is 11.5 Å². The van der Waals surface area contributed by atoms with Crippen molar-refractivity contribution in [2.24, 2.45) is 0 Å². The van der Waals surface area contributed by atoms with Crippen LogP contribution in [0.3, 0.4) is 0 Å². The molecule has 0 saturated heterocycles. The Morgan fingerprint density at radius 1 is 1.40 bits per heavy atom. The molecule has 0 aliphatic heterocycles. The molecule has 0 spiro atoms. The topological polar surface area (TPSA) is 26.0 Å². The third-order valence-corrected chi connectivity index (χ3v) is 2.89. The number of oxazole rings is 1. The fourth-order valence-electron chi connectivity index (χ4n) is 1.30. The molecule has 0 amide bonds. The molecular formula is C11H9Cl2NO. The predicted molar refractivity (Wildman–Crippen MR) is 61.2 cm³/mol. The number of hydrogen-bond donors (Lipinski definition) is 0. The summed E-state index contributed by atoms with van der Waals surface area (Å²) in [5.74, 6) is 0.854. The number of hydrogen-bond acceptors (Lipinski definition) is 2. The molecule has 4 heteroatoms. The first-order chi connectivity index (χ1) is 7.22. The Balaban J connectivity index is 2.49. The summed E-state index contributed by atoms with van der Waals surface area (Å²) in [6.45, 7) is 1.94. The molecule has 78 valence electrons. The summed E-state index contributed by atoms with van der Waals surface area (Å²) in [5.41, 5.74) is 2.51. The standard InChI is InChI=1S/C11H9Cl2NO/c1-7-3-2-4-9(10(7)13)11-14-8(5-12)6-15-11/h2-4,6H,5H2,1H3. The zero-order valence-electron chi connectivity index (χ0n) is 8.13. The fraction of sp³-hybridized carbons (Fsp3) is 0.182. The van der Waals surface area contributed by atoms with E-state index in [2.05, 4.69) is 4.98 Å². The van der Waals surface area contributed by atoms with Gasteiger partial charge in [-0.25, -0.2) is 4.98 Å². The molecule has 0 atom stereocenters. The van der Waals surface area contributed by atoms with Gasteiger partial charge >= 0.3 is 0 Å². The summed E-state index contributed by atoms with van der Waals surface area (Å²) in [7, 11) is 0. The fourth-order valence-corrected chi connectivity index (χ4v) is 1.63. The van der Waals surface area contributed by atoms with Crippen LogP contribution in [0.4, 0.5) is 0 Å². The van der Waals surface area contributed by atoms with E-state index in [0.29, 0.717) is 22.5 Å². The third-order valence-electron chi connectivity index (χ3n) is 2.11. The van der Waals surface area contributed by atoms with E-state index in [0.717, 1.165) is 11.1 Å². The molecule has 2 rings (SSSR count). The van der Waals surface area contributed by atoms with E-state index in [4.69, 9.17) is 27.6 Å². The molecule has 0 aliphatic rings. The smallest absolute Gasteiger partial charge is 0.227 e. The van der Waals surface area contributed by atoms with Crippen LogP contribution in [0.15, 0.2) is 28.9 Å². The van der Waals surface area contributed by atoms with Gasteiger partial charge in [0, 0.05) is 0 Å². The summed E-state index contributed by atoms with van der Waals surface area (Å²) in [6.07, 6.45) is 1.54. The summed E-state index contributed by atoms with van der Waals surface area (Å²) >= 11 is 11.8. The molecule has 1 aromatic heterocycles. The van der Waals surface area contributed by atoms with Gasteiger partial charge in [-0.2, -0.15) is 0 Å². The summed E-state index contributed by atoms with van der Waals surface area (Å²) in [5, 5.41) is 0.667. The van der Waals surface area contributed by atoms with Crippen molar-refractivity contribution in [1.29, 1.82) is 0 Å². The lowest BCUT2D eigenvalue weighted by Gasteiger charge is -2.01. The molecule has 0 aliphatic carbocycles. The average molecular weight is 242 g/mol. The lowest BCUT2D eigenvalue weighted by Crippen LogP contribution is -1.83. The van der Waals surface area contributed by atoms with Gasteiger partial charge in [0.05, 0.1) is 22.2 Å². The third kappa shape index (κ3) is 2.01. The van der Waals surface area contributed by atoms with Crippen molar-refractivity contribution >= 4 is 23.2 Å². The van der Waals surface area contributed by atoms with Gasteiger partial charge in [0.2, 0.25) is 5.89 Å². The first kappa shape index (κ1) is 10.5. The van der Waals surface area contributed by atoms with Gasteiger partial charge in [-0.05, 0) is 18.6 Å². The van der Waals surface area contributed by atoms with Crippen molar-refractivity contribution in [3.8, 4) is 11.5 Å². The maximum absolute atomic E-state index is 6.15. The van der Waals surface area contributed by atoms with E-state index in [9.17, 15) is 0 Å². The van der Waals surface area contributed by atoms with E-state index < -0.39 is 0 Å². The van der Waals surface area contributed by atoms with Crippen molar-refractivity contribution in [2.45, 2.75) is 12.8 Å². The molecule has 1 aromatic carbocycles. The second kappa shape index (κ2) is 4.25. The number of rotatable bonds is 2. The number of alkyl halides is 1. The van der Waals surface area contributed by atoms with Gasteiger partial charge < -0.3 is 4.42 Å². The van der Waals surface area contributed by atoms with E-state index in [1.165, 1.54) is 0 Å². The second-order valence-electron chi connectivity index (χ2n) is 3.21. The van der Waals surface area contributed by atoms with E-state index in [-0.39, 0.29) is 0 Å². The monoisotopic (exact) mass is 241 g/mol. The molecule has 2 aromatic rings. The summed E-state index contributed by atoms with van der Waals surface area (Å²) in [6, 6.07) is 5.73. The number of aryl methyl sites for hydroxylation is 1. The summed E-state index contributed by atoms with van der Waals surface area (Å²) < 4.78 is 5.30. The number of aromatic nitrogens is 1. The molecule has 0 unspecified atom stereocenters. The maximum Gasteiger partial charge on any atom is 0.227 e. The highest BCUT2D eigenvalue weighted by atomic mass is 35.5. The van der Waals surface area contributed by atoms with E-state index in [1.807, 2.05) is 25.1 Å². The predicted octanol–water partition coefficient (Wildman–Crippen LogP) is 4.04. The minimum atomic E-state index is 0.340. The van der Waals surface area contributed by atoms with Crippen LogP contribution in [0.2, 0.25) is 5.02 Å².